The smallest absolute Gasteiger partial charge is 0.318 e. The van der Waals surface area contributed by atoms with E-state index in [0.717, 1.165) is 35.7 Å². The van der Waals surface area contributed by atoms with Crippen molar-refractivity contribution in [3.05, 3.63) is 48.0 Å². The molecule has 2 aliphatic heterocycles. The minimum Gasteiger partial charge on any atom is -0.481 e. The Morgan fingerprint density at radius 3 is 2.80 bits per heavy atom. The molecule has 0 amide bonds. The van der Waals surface area contributed by atoms with Crippen LogP contribution in [0.4, 0.5) is 12.0 Å². The minimum atomic E-state index is -0.824. The van der Waals surface area contributed by atoms with Crippen molar-refractivity contribution in [2.75, 3.05) is 30.1 Å². The molecule has 14 nitrogen and oxygen atoms in total. The lowest BCUT2D eigenvalue weighted by Crippen LogP contribution is -2.25. The number of hydrogen-bond donors (Lipinski definition) is 2. The maximum atomic E-state index is 11.4. The van der Waals surface area contributed by atoms with E-state index in [2.05, 4.69) is 35.8 Å². The highest BCUT2D eigenvalue weighted by Crippen LogP contribution is 2.33. The van der Waals surface area contributed by atoms with Gasteiger partial charge in [0, 0.05) is 50.7 Å². The maximum absolute atomic E-state index is 11.4. The predicted molar refractivity (Wildman–Crippen MR) is 141 cm³/mol. The highest BCUT2D eigenvalue weighted by atomic mass is 16.7. The van der Waals surface area contributed by atoms with Crippen molar-refractivity contribution in [2.24, 2.45) is 5.41 Å². The second-order valence-corrected chi connectivity index (χ2v) is 10.5. The summed E-state index contributed by atoms with van der Waals surface area (Å²) in [4.78, 5) is 22.1. The number of ether oxygens (including phenoxy) is 2. The van der Waals surface area contributed by atoms with Crippen LogP contribution in [0.1, 0.15) is 43.9 Å². The average Bonchev–Trinajstić information content (AvgIpc) is 3.77. The number of aliphatic carboxylic acids is 1. The standard InChI is InChI=1S/C26H29N9O5/c1-26(2,23(36)37)6-8-35-14-19(30-33-35)17-5-7-34(13-17)25-32-31-22(40-25)18-11-28-24(29-12-18)27-10-16-3-4-20-21(9-16)39-15-38-20/h3-4,9,11-12,14,17H,5-8,10,13,15H2,1-2H3,(H,36,37)(H,27,28,29). The van der Waals surface area contributed by atoms with Crippen molar-refractivity contribution in [3.63, 3.8) is 0 Å². The number of aromatic nitrogens is 7. The highest BCUT2D eigenvalue weighted by Gasteiger charge is 2.30. The summed E-state index contributed by atoms with van der Waals surface area (Å²) in [5.41, 5.74) is 1.69. The van der Waals surface area contributed by atoms with Gasteiger partial charge in [-0.05, 0) is 44.4 Å². The van der Waals surface area contributed by atoms with Crippen LogP contribution in [-0.4, -0.2) is 66.1 Å². The second-order valence-electron chi connectivity index (χ2n) is 10.5. The van der Waals surface area contributed by atoms with Crippen LogP contribution in [0.25, 0.3) is 11.5 Å². The molecule has 0 saturated carbocycles. The molecule has 0 bridgehead atoms. The van der Waals surface area contributed by atoms with Gasteiger partial charge in [0.25, 0.3) is 5.89 Å². The van der Waals surface area contributed by atoms with Crippen molar-refractivity contribution >= 4 is 17.9 Å². The van der Waals surface area contributed by atoms with Crippen LogP contribution in [0.5, 0.6) is 11.5 Å². The van der Waals surface area contributed by atoms with E-state index in [0.29, 0.717) is 49.5 Å². The largest absolute Gasteiger partial charge is 0.481 e. The third-order valence-corrected chi connectivity index (χ3v) is 7.18. The lowest BCUT2D eigenvalue weighted by molar-refractivity contribution is -0.147. The zero-order chi connectivity index (χ0) is 27.7. The summed E-state index contributed by atoms with van der Waals surface area (Å²) in [5, 5.41) is 29.4. The topological polar surface area (TPSA) is 166 Å². The normalized spacial score (nSPS) is 16.4. The van der Waals surface area contributed by atoms with E-state index in [9.17, 15) is 9.90 Å². The summed E-state index contributed by atoms with van der Waals surface area (Å²) < 4.78 is 18.4. The van der Waals surface area contributed by atoms with Crippen molar-refractivity contribution < 1.29 is 23.8 Å². The first-order valence-corrected chi connectivity index (χ1v) is 13.0. The lowest BCUT2D eigenvalue weighted by atomic mass is 9.90. The molecule has 3 aromatic heterocycles. The molecule has 14 heteroatoms. The van der Waals surface area contributed by atoms with Gasteiger partial charge in [0.2, 0.25) is 12.7 Å². The number of nitrogens with one attached hydrogen (secondary N) is 1. The second kappa shape index (κ2) is 10.4. The number of aryl methyl sites for hydroxylation is 1. The first-order valence-electron chi connectivity index (χ1n) is 13.0. The molecular weight excluding hydrogens is 518 g/mol. The molecule has 5 heterocycles. The fourth-order valence-corrected chi connectivity index (χ4v) is 4.51. The van der Waals surface area contributed by atoms with Crippen molar-refractivity contribution in [3.8, 4) is 23.0 Å². The summed E-state index contributed by atoms with van der Waals surface area (Å²) in [5.74, 6) is 1.63. The molecule has 1 aromatic carbocycles. The third-order valence-electron chi connectivity index (χ3n) is 7.18. The molecule has 1 atom stereocenters. The van der Waals surface area contributed by atoms with Gasteiger partial charge in [0.05, 0.1) is 16.7 Å². The van der Waals surface area contributed by atoms with E-state index in [1.807, 2.05) is 29.3 Å². The Morgan fingerprint density at radius 2 is 1.98 bits per heavy atom. The molecule has 0 aliphatic carbocycles. The first-order chi connectivity index (χ1) is 19.3. The monoisotopic (exact) mass is 547 g/mol. The van der Waals surface area contributed by atoms with E-state index >= 15 is 0 Å². The fraction of sp³-hybridized carbons (Fsp3) is 0.423. The maximum Gasteiger partial charge on any atom is 0.318 e. The number of benzene rings is 1. The molecule has 208 valence electrons. The summed E-state index contributed by atoms with van der Waals surface area (Å²) in [7, 11) is 0. The number of nitrogens with zero attached hydrogens (tertiary/aromatic N) is 8. The Balaban J connectivity index is 1.03. The van der Waals surface area contributed by atoms with E-state index < -0.39 is 11.4 Å². The predicted octanol–water partition coefficient (Wildman–Crippen LogP) is 2.95. The molecule has 40 heavy (non-hydrogen) atoms. The summed E-state index contributed by atoms with van der Waals surface area (Å²) in [6.45, 7) is 6.09. The van der Waals surface area contributed by atoms with E-state index in [-0.39, 0.29) is 12.7 Å². The molecule has 1 unspecified atom stereocenters. The zero-order valence-electron chi connectivity index (χ0n) is 22.1. The van der Waals surface area contributed by atoms with Crippen LogP contribution in [0.2, 0.25) is 0 Å². The van der Waals surface area contributed by atoms with Gasteiger partial charge in [-0.2, -0.15) is 0 Å². The number of fused-ring (bicyclic) bond motifs is 1. The number of carboxylic acid groups (broad SMARTS) is 1. The molecular formula is C26H29N9O5. The van der Waals surface area contributed by atoms with Gasteiger partial charge in [-0.1, -0.05) is 16.4 Å². The zero-order valence-corrected chi connectivity index (χ0v) is 22.1. The van der Waals surface area contributed by atoms with E-state index in [1.165, 1.54) is 0 Å². The minimum absolute atomic E-state index is 0.162. The van der Waals surface area contributed by atoms with Crippen molar-refractivity contribution in [2.45, 2.75) is 45.7 Å². The molecule has 2 N–H and O–H groups in total. The fourth-order valence-electron chi connectivity index (χ4n) is 4.51. The number of hydrogen-bond acceptors (Lipinski definition) is 12. The molecule has 0 spiro atoms. The van der Waals surface area contributed by atoms with Crippen LogP contribution < -0.4 is 19.7 Å². The van der Waals surface area contributed by atoms with Gasteiger partial charge in [0.1, 0.15) is 0 Å². The Bertz CT molecular complexity index is 1500. The SMILES string of the molecule is CC(C)(CCn1cc(C2CCN(c3nnc(-c4cnc(NCc5ccc6c(c5)OCO6)nc4)o3)C2)nn1)C(=O)O. The van der Waals surface area contributed by atoms with E-state index in [4.69, 9.17) is 13.9 Å². The van der Waals surface area contributed by atoms with Crippen LogP contribution >= 0.6 is 0 Å². The van der Waals surface area contributed by atoms with Gasteiger partial charge >= 0.3 is 12.0 Å². The Kier molecular flexibility index (Phi) is 6.66. The van der Waals surface area contributed by atoms with Gasteiger partial charge < -0.3 is 29.2 Å². The Hall–Kier alpha value is -4.75. The van der Waals surface area contributed by atoms with Crippen molar-refractivity contribution in [1.29, 1.82) is 0 Å². The van der Waals surface area contributed by atoms with Gasteiger partial charge in [-0.15, -0.1) is 10.2 Å². The van der Waals surface area contributed by atoms with Crippen LogP contribution in [0, 0.1) is 5.41 Å². The number of carboxylic acids is 1. The first kappa shape index (κ1) is 25.5. The summed E-state index contributed by atoms with van der Waals surface area (Å²) in [6.07, 6.45) is 6.51. The van der Waals surface area contributed by atoms with Gasteiger partial charge in [-0.25, -0.2) is 9.97 Å². The Labute approximate surface area is 229 Å². The quantitative estimate of drug-likeness (QED) is 0.298. The molecule has 1 fully saturated rings. The van der Waals surface area contributed by atoms with Gasteiger partial charge in [0.15, 0.2) is 11.5 Å². The highest BCUT2D eigenvalue weighted by molar-refractivity contribution is 5.73. The molecule has 4 aromatic rings. The van der Waals surface area contributed by atoms with Crippen LogP contribution in [0.15, 0.2) is 41.2 Å². The van der Waals surface area contributed by atoms with Gasteiger partial charge in [-0.3, -0.25) is 9.48 Å². The summed E-state index contributed by atoms with van der Waals surface area (Å²) in [6, 6.07) is 6.20. The number of rotatable bonds is 10. The average molecular weight is 548 g/mol. The molecule has 1 saturated heterocycles. The number of anilines is 2. The summed E-state index contributed by atoms with van der Waals surface area (Å²) >= 11 is 0. The molecule has 6 rings (SSSR count). The third kappa shape index (κ3) is 5.37. The molecule has 2 aliphatic rings. The van der Waals surface area contributed by atoms with Crippen LogP contribution in [0.3, 0.4) is 0 Å². The molecule has 0 radical (unpaired) electrons. The Morgan fingerprint density at radius 1 is 1.15 bits per heavy atom. The van der Waals surface area contributed by atoms with Crippen LogP contribution in [-0.2, 0) is 17.9 Å². The number of carbonyl (C=O) groups is 1. The lowest BCUT2D eigenvalue weighted by Gasteiger charge is -2.18. The van der Waals surface area contributed by atoms with Crippen molar-refractivity contribution in [1.82, 2.24) is 35.2 Å². The van der Waals surface area contributed by atoms with E-state index in [1.54, 1.807) is 30.9 Å².